The van der Waals surface area contributed by atoms with E-state index in [1.807, 2.05) is 54.6 Å². The quantitative estimate of drug-likeness (QED) is 0.398. The highest BCUT2D eigenvalue weighted by Crippen LogP contribution is 2.32. The van der Waals surface area contributed by atoms with Crippen LogP contribution in [-0.4, -0.2) is 33.4 Å². The summed E-state index contributed by atoms with van der Waals surface area (Å²) < 4.78 is 32.5. The van der Waals surface area contributed by atoms with Gasteiger partial charge in [-0.1, -0.05) is 60.7 Å². The minimum absolute atomic E-state index is 0.180. The number of nitrogens with zero attached hydrogens (tertiary/aromatic N) is 1. The van der Waals surface area contributed by atoms with Crippen LogP contribution in [0.25, 0.3) is 6.08 Å². The maximum atomic E-state index is 13.1. The number of ether oxygens (including phenoxy) is 1. The summed E-state index contributed by atoms with van der Waals surface area (Å²) in [6.07, 6.45) is 3.39. The second-order valence-corrected chi connectivity index (χ2v) is 9.59. The van der Waals surface area contributed by atoms with E-state index in [4.69, 9.17) is 4.74 Å². The van der Waals surface area contributed by atoms with Gasteiger partial charge in [-0.05, 0) is 47.4 Å². The van der Waals surface area contributed by atoms with E-state index in [1.54, 1.807) is 12.1 Å². The van der Waals surface area contributed by atoms with Gasteiger partial charge < -0.3 is 10.1 Å². The molecule has 34 heavy (non-hydrogen) atoms. The molecule has 1 aliphatic rings. The first-order valence-electron chi connectivity index (χ1n) is 10.8. The lowest BCUT2D eigenvalue weighted by Crippen LogP contribution is -2.29. The molecule has 174 valence electrons. The van der Waals surface area contributed by atoms with E-state index in [0.717, 1.165) is 11.1 Å². The number of rotatable bonds is 8. The van der Waals surface area contributed by atoms with Gasteiger partial charge in [-0.25, -0.2) is 13.2 Å². The van der Waals surface area contributed by atoms with E-state index in [0.29, 0.717) is 30.8 Å². The lowest BCUT2D eigenvalue weighted by Gasteiger charge is -2.19. The molecule has 0 radical (unpaired) electrons. The third-order valence-electron chi connectivity index (χ3n) is 5.40. The molecule has 4 rings (SSSR count). The number of hydrogen-bond donors (Lipinski definition) is 1. The van der Waals surface area contributed by atoms with Crippen molar-refractivity contribution in [2.24, 2.45) is 0 Å². The van der Waals surface area contributed by atoms with Crippen molar-refractivity contribution in [3.05, 3.63) is 102 Å². The largest absolute Gasteiger partial charge is 0.452 e. The molecule has 3 aromatic carbocycles. The van der Waals surface area contributed by atoms with Gasteiger partial charge in [0.25, 0.3) is 15.9 Å². The van der Waals surface area contributed by atoms with Gasteiger partial charge in [0.2, 0.25) is 0 Å². The standard InChI is InChI=1S/C26H24N2O5S/c29-25(27-18-21-6-2-1-3-7-21)19-33-26(30)15-12-20-10-13-23(14-11-20)34(31,32)28-17-16-22-8-4-5-9-24(22)28/h1-15H,16-19H2,(H,27,29)/b15-12+. The molecule has 8 heteroatoms. The van der Waals surface area contributed by atoms with Crippen LogP contribution in [0.4, 0.5) is 5.69 Å². The fourth-order valence-electron chi connectivity index (χ4n) is 3.63. The predicted octanol–water partition coefficient (Wildman–Crippen LogP) is 3.31. The number of esters is 1. The zero-order valence-electron chi connectivity index (χ0n) is 18.4. The van der Waals surface area contributed by atoms with Gasteiger partial charge in [-0.2, -0.15) is 0 Å². The molecule has 0 unspecified atom stereocenters. The molecule has 1 heterocycles. The van der Waals surface area contributed by atoms with Crippen LogP contribution in [0, 0.1) is 0 Å². The van der Waals surface area contributed by atoms with E-state index in [1.165, 1.54) is 28.6 Å². The molecule has 0 aliphatic carbocycles. The maximum absolute atomic E-state index is 13.1. The van der Waals surface area contributed by atoms with E-state index in [2.05, 4.69) is 5.32 Å². The molecule has 3 aromatic rings. The van der Waals surface area contributed by atoms with Gasteiger partial charge in [0.1, 0.15) is 0 Å². The molecule has 0 spiro atoms. The highest BCUT2D eigenvalue weighted by molar-refractivity contribution is 7.92. The zero-order chi connectivity index (χ0) is 24.0. The number of benzene rings is 3. The number of sulfonamides is 1. The molecule has 1 amide bonds. The molecule has 0 fully saturated rings. The minimum atomic E-state index is -3.67. The average molecular weight is 477 g/mol. The van der Waals surface area contributed by atoms with Crippen molar-refractivity contribution in [3.8, 4) is 0 Å². The van der Waals surface area contributed by atoms with Gasteiger partial charge in [0, 0.05) is 19.2 Å². The molecular weight excluding hydrogens is 452 g/mol. The summed E-state index contributed by atoms with van der Waals surface area (Å²) in [6, 6.07) is 23.1. The number of para-hydroxylation sites is 1. The molecule has 7 nitrogen and oxygen atoms in total. The summed E-state index contributed by atoms with van der Waals surface area (Å²) >= 11 is 0. The van der Waals surface area contributed by atoms with E-state index in [9.17, 15) is 18.0 Å². The number of amides is 1. The summed E-state index contributed by atoms with van der Waals surface area (Å²) in [7, 11) is -3.67. The Balaban J connectivity index is 1.29. The second kappa shape index (κ2) is 10.4. The average Bonchev–Trinajstić information content (AvgIpc) is 3.31. The number of carbonyl (C=O) groups excluding carboxylic acids is 2. The lowest BCUT2D eigenvalue weighted by atomic mass is 10.2. The van der Waals surface area contributed by atoms with E-state index in [-0.39, 0.29) is 11.5 Å². The van der Waals surface area contributed by atoms with Crippen LogP contribution in [0.15, 0.2) is 89.8 Å². The van der Waals surface area contributed by atoms with Crippen molar-refractivity contribution in [3.63, 3.8) is 0 Å². The van der Waals surface area contributed by atoms with Crippen molar-refractivity contribution < 1.29 is 22.7 Å². The molecule has 0 atom stereocenters. The third kappa shape index (κ3) is 5.52. The van der Waals surface area contributed by atoms with Crippen molar-refractivity contribution >= 4 is 33.7 Å². The highest BCUT2D eigenvalue weighted by Gasteiger charge is 2.30. The summed E-state index contributed by atoms with van der Waals surface area (Å²) in [6.45, 7) is 0.379. The summed E-state index contributed by atoms with van der Waals surface area (Å²) in [5.41, 5.74) is 3.30. The maximum Gasteiger partial charge on any atom is 0.331 e. The van der Waals surface area contributed by atoms with Crippen molar-refractivity contribution in [1.82, 2.24) is 5.32 Å². The SMILES string of the molecule is O=C(COC(=O)/C=C/c1ccc(S(=O)(=O)N2CCc3ccccc32)cc1)NCc1ccccc1. The fraction of sp³-hybridized carbons (Fsp3) is 0.154. The predicted molar refractivity (Wildman–Crippen MR) is 129 cm³/mol. The number of hydrogen-bond acceptors (Lipinski definition) is 5. The molecular formula is C26H24N2O5S. The van der Waals surface area contributed by atoms with Gasteiger partial charge in [0.05, 0.1) is 10.6 Å². The van der Waals surface area contributed by atoms with Crippen LogP contribution < -0.4 is 9.62 Å². The Morgan fingerprint density at radius 2 is 1.65 bits per heavy atom. The molecule has 1 aliphatic heterocycles. The zero-order valence-corrected chi connectivity index (χ0v) is 19.2. The van der Waals surface area contributed by atoms with Crippen LogP contribution in [0.2, 0.25) is 0 Å². The number of fused-ring (bicyclic) bond motifs is 1. The second-order valence-electron chi connectivity index (χ2n) is 7.73. The first-order chi connectivity index (χ1) is 16.4. The Kier molecular flexibility index (Phi) is 7.08. The molecule has 0 bridgehead atoms. The Morgan fingerprint density at radius 3 is 2.41 bits per heavy atom. The van der Waals surface area contributed by atoms with Gasteiger partial charge in [-0.15, -0.1) is 0 Å². The van der Waals surface area contributed by atoms with E-state index >= 15 is 0 Å². The Labute approximate surface area is 198 Å². The smallest absolute Gasteiger partial charge is 0.331 e. The highest BCUT2D eigenvalue weighted by atomic mass is 32.2. The lowest BCUT2D eigenvalue weighted by molar-refractivity contribution is -0.143. The Morgan fingerprint density at radius 1 is 0.941 bits per heavy atom. The third-order valence-corrected chi connectivity index (χ3v) is 7.23. The Hall–Kier alpha value is -3.91. The van der Waals surface area contributed by atoms with Gasteiger partial charge in [0.15, 0.2) is 6.61 Å². The summed E-state index contributed by atoms with van der Waals surface area (Å²) in [5.74, 6) is -1.07. The van der Waals surface area contributed by atoms with Crippen molar-refractivity contribution in [1.29, 1.82) is 0 Å². The molecule has 0 saturated carbocycles. The van der Waals surface area contributed by atoms with Crippen LogP contribution in [0.5, 0.6) is 0 Å². The monoisotopic (exact) mass is 476 g/mol. The topological polar surface area (TPSA) is 92.8 Å². The Bertz CT molecular complexity index is 1300. The van der Waals surface area contributed by atoms with Gasteiger partial charge in [-0.3, -0.25) is 9.10 Å². The molecule has 1 N–H and O–H groups in total. The van der Waals surface area contributed by atoms with Gasteiger partial charge >= 0.3 is 5.97 Å². The molecule has 0 saturated heterocycles. The minimum Gasteiger partial charge on any atom is -0.452 e. The number of anilines is 1. The van der Waals surface area contributed by atoms with Crippen LogP contribution in [-0.2, 0) is 37.3 Å². The number of carbonyl (C=O) groups is 2. The normalized spacial score (nSPS) is 13.0. The van der Waals surface area contributed by atoms with Crippen molar-refractivity contribution in [2.75, 3.05) is 17.5 Å². The fourth-order valence-corrected chi connectivity index (χ4v) is 5.14. The summed E-state index contributed by atoms with van der Waals surface area (Å²) in [5, 5.41) is 2.68. The van der Waals surface area contributed by atoms with Crippen molar-refractivity contribution in [2.45, 2.75) is 17.9 Å². The van der Waals surface area contributed by atoms with Crippen LogP contribution in [0.3, 0.4) is 0 Å². The van der Waals surface area contributed by atoms with Crippen LogP contribution in [0.1, 0.15) is 16.7 Å². The molecule has 0 aromatic heterocycles. The first-order valence-corrected chi connectivity index (χ1v) is 12.2. The number of nitrogens with one attached hydrogen (secondary N) is 1. The van der Waals surface area contributed by atoms with Crippen LogP contribution >= 0.6 is 0 Å². The summed E-state index contributed by atoms with van der Waals surface area (Å²) in [4.78, 5) is 23.9. The van der Waals surface area contributed by atoms with E-state index < -0.39 is 21.9 Å². The first kappa shape index (κ1) is 23.3.